The van der Waals surface area contributed by atoms with Gasteiger partial charge in [-0.2, -0.15) is 0 Å². The van der Waals surface area contributed by atoms with Crippen LogP contribution in [0, 0.1) is 12.3 Å². The molecular weight excluding hydrogens is 278 g/mol. The summed E-state index contributed by atoms with van der Waals surface area (Å²) in [6, 6.07) is 8.48. The Labute approximate surface area is 128 Å². The molecule has 0 unspecified atom stereocenters. The third-order valence-corrected chi connectivity index (χ3v) is 5.81. The Kier molecular flexibility index (Phi) is 2.69. The van der Waals surface area contributed by atoms with E-state index in [1.807, 2.05) is 0 Å². The van der Waals surface area contributed by atoms with Gasteiger partial charge >= 0.3 is 0 Å². The quantitative estimate of drug-likeness (QED) is 0.648. The van der Waals surface area contributed by atoms with Crippen LogP contribution in [0.25, 0.3) is 20.2 Å². The molecule has 0 bridgehead atoms. The molecule has 1 N–H and O–H groups in total. The lowest BCUT2D eigenvalue weighted by Crippen LogP contribution is -2.27. The number of rotatable bonds is 0. The highest BCUT2D eigenvalue weighted by atomic mass is 32.1. The maximum absolute atomic E-state index is 10.7. The van der Waals surface area contributed by atoms with Crippen molar-refractivity contribution in [1.82, 2.24) is 4.98 Å². The summed E-state index contributed by atoms with van der Waals surface area (Å²) in [5, 5.41) is 13.2. The van der Waals surface area contributed by atoms with Crippen LogP contribution in [0.15, 0.2) is 24.3 Å². The number of benzene rings is 1. The average Bonchev–Trinajstić information content (AvgIpc) is 2.77. The normalized spacial score (nSPS) is 20.9. The van der Waals surface area contributed by atoms with Crippen LogP contribution in [0.5, 0.6) is 0 Å². The third kappa shape index (κ3) is 1.91. The van der Waals surface area contributed by atoms with Crippen molar-refractivity contribution in [2.75, 3.05) is 0 Å². The van der Waals surface area contributed by atoms with Gasteiger partial charge in [0.25, 0.3) is 0 Å². The largest absolute Gasteiger partial charge is 0.388 e. The van der Waals surface area contributed by atoms with Crippen molar-refractivity contribution in [2.24, 2.45) is 5.41 Å². The van der Waals surface area contributed by atoms with Crippen LogP contribution >= 0.6 is 11.3 Å². The predicted octanol–water partition coefficient (Wildman–Crippen LogP) is 4.76. The zero-order chi connectivity index (χ0) is 14.8. The van der Waals surface area contributed by atoms with E-state index in [1.165, 1.54) is 20.2 Å². The summed E-state index contributed by atoms with van der Waals surface area (Å²) in [6.07, 6.45) is 1.35. The van der Waals surface area contributed by atoms with Gasteiger partial charge in [-0.15, -0.1) is 11.3 Å². The van der Waals surface area contributed by atoms with Crippen molar-refractivity contribution >= 4 is 31.5 Å². The first-order valence-corrected chi connectivity index (χ1v) is 8.27. The van der Waals surface area contributed by atoms with E-state index in [1.54, 1.807) is 11.3 Å². The first-order valence-electron chi connectivity index (χ1n) is 7.45. The maximum Gasteiger partial charge on any atom is 0.0819 e. The monoisotopic (exact) mass is 297 g/mol. The predicted molar refractivity (Wildman–Crippen MR) is 88.9 cm³/mol. The van der Waals surface area contributed by atoms with Crippen molar-refractivity contribution < 1.29 is 5.11 Å². The van der Waals surface area contributed by atoms with E-state index in [0.29, 0.717) is 0 Å². The molecule has 0 amide bonds. The second-order valence-electron chi connectivity index (χ2n) is 6.92. The number of aliphatic hydroxyl groups excluding tert-OH is 1. The van der Waals surface area contributed by atoms with Gasteiger partial charge in [-0.3, -0.25) is 4.98 Å². The molecule has 4 rings (SSSR count). The van der Waals surface area contributed by atoms with Crippen LogP contribution in [-0.2, 0) is 6.42 Å². The topological polar surface area (TPSA) is 33.1 Å². The van der Waals surface area contributed by atoms with E-state index in [9.17, 15) is 5.11 Å². The lowest BCUT2D eigenvalue weighted by molar-refractivity contribution is 0.0997. The second kappa shape index (κ2) is 4.28. The van der Waals surface area contributed by atoms with Crippen molar-refractivity contribution in [2.45, 2.75) is 39.7 Å². The number of pyridine rings is 1. The summed E-state index contributed by atoms with van der Waals surface area (Å²) in [6.45, 7) is 6.52. The summed E-state index contributed by atoms with van der Waals surface area (Å²) in [5.74, 6) is 0. The number of aromatic nitrogens is 1. The number of nitrogens with zero attached hydrogens (tertiary/aromatic N) is 1. The smallest absolute Gasteiger partial charge is 0.0819 e. The Bertz CT molecular complexity index is 862. The average molecular weight is 297 g/mol. The molecule has 108 valence electrons. The fourth-order valence-corrected chi connectivity index (χ4v) is 4.83. The number of thiophene rings is 1. The molecule has 1 atom stereocenters. The highest BCUT2D eigenvalue weighted by molar-refractivity contribution is 7.26. The minimum absolute atomic E-state index is 0.116. The van der Waals surface area contributed by atoms with E-state index in [-0.39, 0.29) is 5.41 Å². The molecule has 3 aromatic rings. The zero-order valence-corrected chi connectivity index (χ0v) is 13.4. The van der Waals surface area contributed by atoms with Gasteiger partial charge in [0.05, 0.1) is 16.5 Å². The number of hydrogen-bond acceptors (Lipinski definition) is 3. The van der Waals surface area contributed by atoms with Crippen molar-refractivity contribution in [3.05, 3.63) is 41.2 Å². The van der Waals surface area contributed by atoms with Crippen molar-refractivity contribution in [3.63, 3.8) is 0 Å². The maximum atomic E-state index is 10.7. The fourth-order valence-electron chi connectivity index (χ4n) is 3.67. The molecule has 0 saturated heterocycles. The molecule has 0 fully saturated rings. The number of hydrogen-bond donors (Lipinski definition) is 1. The lowest BCUT2D eigenvalue weighted by atomic mass is 9.74. The molecule has 1 aliphatic rings. The highest BCUT2D eigenvalue weighted by Crippen LogP contribution is 2.47. The molecule has 2 nitrogen and oxygen atoms in total. The molecule has 21 heavy (non-hydrogen) atoms. The Hall–Kier alpha value is -1.45. The Morgan fingerprint density at radius 3 is 2.86 bits per heavy atom. The van der Waals surface area contributed by atoms with Crippen LogP contribution in [0.1, 0.15) is 43.3 Å². The molecule has 2 heterocycles. The van der Waals surface area contributed by atoms with Gasteiger partial charge < -0.3 is 5.11 Å². The van der Waals surface area contributed by atoms with Crippen LogP contribution in [0.2, 0.25) is 0 Å². The summed E-state index contributed by atoms with van der Waals surface area (Å²) < 4.78 is 2.51. The molecule has 2 aromatic heterocycles. The van der Waals surface area contributed by atoms with E-state index in [2.05, 4.69) is 45.0 Å². The zero-order valence-electron chi connectivity index (χ0n) is 12.6. The van der Waals surface area contributed by atoms with E-state index < -0.39 is 6.10 Å². The summed E-state index contributed by atoms with van der Waals surface area (Å²) in [5.41, 5.74) is 3.38. The standard InChI is InChI=1S/C18H19NOS/c1-10-17-15(11-6-4-5-7-14(11)21-17)16-12(19-10)8-18(2,3)9-13(16)20/h4-7,13,20H,8-9H2,1-3H3/t13-/m1/s1. The molecule has 0 saturated carbocycles. The van der Waals surface area contributed by atoms with Crippen molar-refractivity contribution in [1.29, 1.82) is 0 Å². The molecule has 0 aliphatic heterocycles. The van der Waals surface area contributed by atoms with Crippen molar-refractivity contribution in [3.8, 4) is 0 Å². The lowest BCUT2D eigenvalue weighted by Gasteiger charge is -2.34. The first-order chi connectivity index (χ1) is 9.96. The van der Waals surface area contributed by atoms with Crippen LogP contribution in [0.4, 0.5) is 0 Å². The molecule has 0 spiro atoms. The Morgan fingerprint density at radius 2 is 2.05 bits per heavy atom. The minimum Gasteiger partial charge on any atom is -0.388 e. The highest BCUT2D eigenvalue weighted by Gasteiger charge is 2.34. The molecule has 1 aromatic carbocycles. The van der Waals surface area contributed by atoms with Gasteiger partial charge in [-0.1, -0.05) is 32.0 Å². The molecular formula is C18H19NOS. The minimum atomic E-state index is -0.405. The van der Waals surface area contributed by atoms with E-state index in [0.717, 1.165) is 29.8 Å². The molecule has 1 aliphatic carbocycles. The summed E-state index contributed by atoms with van der Waals surface area (Å²) >= 11 is 1.79. The van der Waals surface area contributed by atoms with E-state index >= 15 is 0 Å². The third-order valence-electron chi connectivity index (χ3n) is 4.53. The molecule has 3 heteroatoms. The summed E-state index contributed by atoms with van der Waals surface area (Å²) in [7, 11) is 0. The fraction of sp³-hybridized carbons (Fsp3) is 0.389. The first kappa shape index (κ1) is 13.2. The van der Waals surface area contributed by atoms with Gasteiger partial charge in [-0.25, -0.2) is 0 Å². The Morgan fingerprint density at radius 1 is 1.29 bits per heavy atom. The van der Waals surface area contributed by atoms with Gasteiger partial charge in [-0.05, 0) is 31.2 Å². The number of aliphatic hydroxyl groups is 1. The van der Waals surface area contributed by atoms with Crippen LogP contribution < -0.4 is 0 Å². The molecule has 0 radical (unpaired) electrons. The second-order valence-corrected chi connectivity index (χ2v) is 7.97. The van der Waals surface area contributed by atoms with Gasteiger partial charge in [0.15, 0.2) is 0 Å². The SMILES string of the molecule is Cc1nc2c(c3c1sc1ccccc13)[C@H](O)CC(C)(C)C2. The van der Waals surface area contributed by atoms with Crippen LogP contribution in [-0.4, -0.2) is 10.1 Å². The summed E-state index contributed by atoms with van der Waals surface area (Å²) in [4.78, 5) is 4.83. The van der Waals surface area contributed by atoms with Gasteiger partial charge in [0.2, 0.25) is 0 Å². The number of aryl methyl sites for hydroxylation is 1. The van der Waals surface area contributed by atoms with Gasteiger partial charge in [0.1, 0.15) is 0 Å². The van der Waals surface area contributed by atoms with E-state index in [4.69, 9.17) is 4.98 Å². The number of fused-ring (bicyclic) bond motifs is 5. The van der Waals surface area contributed by atoms with Crippen LogP contribution in [0.3, 0.4) is 0 Å². The Balaban J connectivity index is 2.15. The van der Waals surface area contributed by atoms with Gasteiger partial charge in [0, 0.05) is 26.7 Å².